The van der Waals surface area contributed by atoms with Crippen molar-refractivity contribution in [1.82, 2.24) is 4.90 Å². The number of imide groups is 1. The van der Waals surface area contributed by atoms with Crippen LogP contribution in [0.15, 0.2) is 78.9 Å². The molecule has 0 bridgehead atoms. The third kappa shape index (κ3) is 3.37. The van der Waals surface area contributed by atoms with Gasteiger partial charge in [0.15, 0.2) is 5.78 Å². The minimum absolute atomic E-state index is 0.00169. The highest BCUT2D eigenvalue weighted by atomic mass is 16.2. The van der Waals surface area contributed by atoms with Crippen molar-refractivity contribution in [2.75, 3.05) is 6.54 Å². The Morgan fingerprint density at radius 3 is 1.82 bits per heavy atom. The second-order valence-corrected chi connectivity index (χ2v) is 6.80. The van der Waals surface area contributed by atoms with Gasteiger partial charge >= 0.3 is 0 Å². The molecule has 0 atom stereocenters. The van der Waals surface area contributed by atoms with Crippen LogP contribution in [0.1, 0.15) is 48.6 Å². The number of hydrogen-bond acceptors (Lipinski definition) is 3. The Kier molecular flexibility index (Phi) is 4.85. The van der Waals surface area contributed by atoms with Crippen LogP contribution in [0.25, 0.3) is 0 Å². The van der Waals surface area contributed by atoms with Gasteiger partial charge < -0.3 is 0 Å². The lowest BCUT2D eigenvalue weighted by molar-refractivity contribution is 0.0652. The Hall–Kier alpha value is -3.53. The van der Waals surface area contributed by atoms with E-state index in [0.717, 1.165) is 12.0 Å². The second kappa shape index (κ2) is 7.61. The van der Waals surface area contributed by atoms with Gasteiger partial charge in [-0.2, -0.15) is 0 Å². The van der Waals surface area contributed by atoms with Gasteiger partial charge in [-0.15, -0.1) is 0 Å². The smallest absolute Gasteiger partial charge is 0.261 e. The van der Waals surface area contributed by atoms with Crippen molar-refractivity contribution in [2.24, 2.45) is 0 Å². The number of benzene rings is 3. The summed E-state index contributed by atoms with van der Waals surface area (Å²) >= 11 is 0. The fraction of sp³-hybridized carbons (Fsp3) is 0.125. The maximum absolute atomic E-state index is 12.4. The Labute approximate surface area is 163 Å². The van der Waals surface area contributed by atoms with Gasteiger partial charge in [0.05, 0.1) is 11.1 Å². The fourth-order valence-electron chi connectivity index (χ4n) is 3.46. The zero-order chi connectivity index (χ0) is 19.5. The number of amides is 2. The van der Waals surface area contributed by atoms with Crippen LogP contribution in [-0.2, 0) is 6.42 Å². The summed E-state index contributed by atoms with van der Waals surface area (Å²) < 4.78 is 0. The van der Waals surface area contributed by atoms with Crippen LogP contribution in [0, 0.1) is 0 Å². The molecule has 0 saturated heterocycles. The quantitative estimate of drug-likeness (QED) is 0.485. The molecule has 0 radical (unpaired) electrons. The van der Waals surface area contributed by atoms with E-state index in [1.807, 2.05) is 42.5 Å². The Morgan fingerprint density at radius 2 is 1.21 bits per heavy atom. The summed E-state index contributed by atoms with van der Waals surface area (Å²) in [6.45, 7) is 0.386. The van der Waals surface area contributed by atoms with Gasteiger partial charge in [-0.1, -0.05) is 66.7 Å². The van der Waals surface area contributed by atoms with Gasteiger partial charge in [-0.05, 0) is 30.5 Å². The molecule has 0 aromatic heterocycles. The molecular formula is C24H19NO3. The molecule has 3 aromatic rings. The molecular weight excluding hydrogens is 350 g/mol. The molecule has 138 valence electrons. The maximum Gasteiger partial charge on any atom is 0.261 e. The van der Waals surface area contributed by atoms with E-state index in [1.165, 1.54) is 4.90 Å². The Bertz CT molecular complexity index is 1000. The fourth-order valence-corrected chi connectivity index (χ4v) is 3.46. The summed E-state index contributed by atoms with van der Waals surface area (Å²) in [7, 11) is 0. The molecule has 1 heterocycles. The van der Waals surface area contributed by atoms with Crippen molar-refractivity contribution >= 4 is 17.6 Å². The first kappa shape index (κ1) is 17.9. The summed E-state index contributed by atoms with van der Waals surface area (Å²) in [5.74, 6) is -0.438. The average molecular weight is 369 g/mol. The first-order valence-electron chi connectivity index (χ1n) is 9.29. The third-order valence-corrected chi connectivity index (χ3v) is 4.98. The summed E-state index contributed by atoms with van der Waals surface area (Å²) in [5.41, 5.74) is 3.35. The summed E-state index contributed by atoms with van der Waals surface area (Å²) in [6.07, 6.45) is 1.41. The van der Waals surface area contributed by atoms with Crippen molar-refractivity contribution in [1.29, 1.82) is 0 Å². The van der Waals surface area contributed by atoms with E-state index >= 15 is 0 Å². The van der Waals surface area contributed by atoms with E-state index in [4.69, 9.17) is 0 Å². The van der Waals surface area contributed by atoms with Crippen LogP contribution in [0.3, 0.4) is 0 Å². The largest absolute Gasteiger partial charge is 0.289 e. The van der Waals surface area contributed by atoms with Crippen molar-refractivity contribution in [3.05, 3.63) is 107 Å². The predicted molar refractivity (Wildman–Crippen MR) is 106 cm³/mol. The van der Waals surface area contributed by atoms with Crippen molar-refractivity contribution in [2.45, 2.75) is 12.8 Å². The van der Waals surface area contributed by atoms with Crippen LogP contribution >= 0.6 is 0 Å². The minimum Gasteiger partial charge on any atom is -0.289 e. The van der Waals surface area contributed by atoms with Gasteiger partial charge in [0.2, 0.25) is 0 Å². The lowest BCUT2D eigenvalue weighted by Gasteiger charge is -2.13. The number of fused-ring (bicyclic) bond motifs is 1. The topological polar surface area (TPSA) is 54.5 Å². The molecule has 4 nitrogen and oxygen atoms in total. The number of rotatable bonds is 6. The number of hydrogen-bond donors (Lipinski definition) is 0. The number of carbonyl (C=O) groups excluding carboxylic acids is 3. The van der Waals surface area contributed by atoms with E-state index in [-0.39, 0.29) is 17.6 Å². The van der Waals surface area contributed by atoms with Crippen LogP contribution in [0.4, 0.5) is 0 Å². The van der Waals surface area contributed by atoms with E-state index in [9.17, 15) is 14.4 Å². The first-order chi connectivity index (χ1) is 13.6. The molecule has 0 aliphatic carbocycles. The molecule has 0 spiro atoms. The molecule has 1 aliphatic rings. The number of carbonyl (C=O) groups is 3. The number of aryl methyl sites for hydroxylation is 1. The third-order valence-electron chi connectivity index (χ3n) is 4.98. The summed E-state index contributed by atoms with van der Waals surface area (Å²) in [6, 6.07) is 23.6. The maximum atomic E-state index is 12.4. The van der Waals surface area contributed by atoms with Crippen LogP contribution in [-0.4, -0.2) is 29.0 Å². The van der Waals surface area contributed by atoms with Crippen molar-refractivity contribution < 1.29 is 14.4 Å². The second-order valence-electron chi connectivity index (χ2n) is 6.80. The highest BCUT2D eigenvalue weighted by Gasteiger charge is 2.34. The number of ketones is 1. The van der Waals surface area contributed by atoms with Gasteiger partial charge in [0, 0.05) is 17.7 Å². The Morgan fingerprint density at radius 1 is 0.679 bits per heavy atom. The summed E-state index contributed by atoms with van der Waals surface area (Å²) in [5, 5.41) is 0. The normalized spacial score (nSPS) is 12.9. The van der Waals surface area contributed by atoms with Crippen LogP contribution in [0.2, 0.25) is 0 Å². The molecule has 28 heavy (non-hydrogen) atoms. The van der Waals surface area contributed by atoms with Crippen molar-refractivity contribution in [3.63, 3.8) is 0 Å². The highest BCUT2D eigenvalue weighted by Crippen LogP contribution is 2.22. The lowest BCUT2D eigenvalue weighted by atomic mass is 10.0. The molecule has 0 N–H and O–H groups in total. The Balaban J connectivity index is 1.36. The molecule has 0 unspecified atom stereocenters. The SMILES string of the molecule is O=C(c1ccccc1)c1ccc(CCCN2C(=O)c3ccccc3C2=O)cc1. The molecule has 4 heteroatoms. The monoisotopic (exact) mass is 369 g/mol. The molecule has 2 amide bonds. The minimum atomic E-state index is -0.218. The summed E-state index contributed by atoms with van der Waals surface area (Å²) in [4.78, 5) is 38.5. The lowest BCUT2D eigenvalue weighted by Crippen LogP contribution is -2.30. The average Bonchev–Trinajstić information content (AvgIpc) is 2.99. The van der Waals surface area contributed by atoms with E-state index in [2.05, 4.69) is 0 Å². The van der Waals surface area contributed by atoms with Crippen LogP contribution in [0.5, 0.6) is 0 Å². The number of nitrogens with zero attached hydrogens (tertiary/aromatic N) is 1. The molecule has 4 rings (SSSR count). The molecule has 3 aromatic carbocycles. The standard InChI is InChI=1S/C24H19NO3/c26-22(18-8-2-1-3-9-18)19-14-12-17(13-15-19)7-6-16-25-23(27)20-10-4-5-11-21(20)24(25)28/h1-5,8-15H,6-7,16H2. The van der Waals surface area contributed by atoms with Gasteiger partial charge in [0.25, 0.3) is 11.8 Å². The van der Waals surface area contributed by atoms with Crippen molar-refractivity contribution in [3.8, 4) is 0 Å². The first-order valence-corrected chi connectivity index (χ1v) is 9.29. The molecule has 0 fully saturated rings. The zero-order valence-corrected chi connectivity index (χ0v) is 15.3. The van der Waals surface area contributed by atoms with Gasteiger partial charge in [-0.3, -0.25) is 19.3 Å². The van der Waals surface area contributed by atoms with E-state index in [0.29, 0.717) is 35.2 Å². The highest BCUT2D eigenvalue weighted by molar-refractivity contribution is 6.21. The van der Waals surface area contributed by atoms with Crippen LogP contribution < -0.4 is 0 Å². The van der Waals surface area contributed by atoms with Gasteiger partial charge in [-0.25, -0.2) is 0 Å². The van der Waals surface area contributed by atoms with E-state index < -0.39 is 0 Å². The molecule has 0 saturated carbocycles. The predicted octanol–water partition coefficient (Wildman–Crippen LogP) is 4.15. The molecule has 1 aliphatic heterocycles. The van der Waals surface area contributed by atoms with Gasteiger partial charge in [0.1, 0.15) is 0 Å². The zero-order valence-electron chi connectivity index (χ0n) is 15.3. The van der Waals surface area contributed by atoms with E-state index in [1.54, 1.807) is 36.4 Å².